The van der Waals surface area contributed by atoms with E-state index in [2.05, 4.69) is 31.3 Å². The van der Waals surface area contributed by atoms with Gasteiger partial charge in [-0.25, -0.2) is 0 Å². The Morgan fingerprint density at radius 3 is 2.52 bits per heavy atom. The first-order valence-corrected chi connectivity index (χ1v) is 8.90. The van der Waals surface area contributed by atoms with Crippen molar-refractivity contribution in [1.82, 2.24) is 0 Å². The second-order valence-electron chi connectivity index (χ2n) is 7.02. The molecule has 0 atom stereocenters. The molecule has 1 aliphatic rings. The lowest BCUT2D eigenvalue weighted by molar-refractivity contribution is 0.100. The van der Waals surface area contributed by atoms with Crippen molar-refractivity contribution in [3.8, 4) is 11.1 Å². The number of nitrogens with one attached hydrogen (secondary N) is 1. The third-order valence-electron chi connectivity index (χ3n) is 5.26. The van der Waals surface area contributed by atoms with Gasteiger partial charge in [0.1, 0.15) is 0 Å². The predicted molar refractivity (Wildman–Crippen MR) is 102 cm³/mol. The molecule has 0 spiro atoms. The molecule has 0 aliphatic heterocycles. The van der Waals surface area contributed by atoms with Gasteiger partial charge in [-0.15, -0.1) is 0 Å². The SMILES string of the molecule is Cc1cccc(-c2ccc(N[C@H]3CC[C@H](O)CC3)c(C(N)=O)c2)c1C. The predicted octanol–water partition coefficient (Wildman–Crippen LogP) is 3.78. The van der Waals surface area contributed by atoms with Gasteiger partial charge in [-0.2, -0.15) is 0 Å². The van der Waals surface area contributed by atoms with Crippen LogP contribution in [0, 0.1) is 13.8 Å². The average molecular weight is 338 g/mol. The number of primary amides is 1. The molecule has 4 nitrogen and oxygen atoms in total. The Bertz CT molecular complexity index is 777. The van der Waals surface area contributed by atoms with Gasteiger partial charge in [-0.3, -0.25) is 4.79 Å². The molecule has 2 aromatic rings. The summed E-state index contributed by atoms with van der Waals surface area (Å²) in [5.74, 6) is -0.425. The van der Waals surface area contributed by atoms with Gasteiger partial charge in [-0.05, 0) is 73.9 Å². The summed E-state index contributed by atoms with van der Waals surface area (Å²) in [4.78, 5) is 12.0. The average Bonchev–Trinajstić information content (AvgIpc) is 2.59. The van der Waals surface area contributed by atoms with Crippen LogP contribution >= 0.6 is 0 Å². The number of hydrogen-bond donors (Lipinski definition) is 3. The molecule has 0 radical (unpaired) electrons. The summed E-state index contributed by atoms with van der Waals surface area (Å²) in [5.41, 5.74) is 11.5. The van der Waals surface area contributed by atoms with Gasteiger partial charge in [0.25, 0.3) is 5.91 Å². The van der Waals surface area contributed by atoms with Crippen LogP contribution in [-0.2, 0) is 0 Å². The van der Waals surface area contributed by atoms with E-state index in [1.807, 2.05) is 24.3 Å². The fourth-order valence-electron chi connectivity index (χ4n) is 3.55. The molecule has 4 heteroatoms. The maximum atomic E-state index is 12.0. The third-order valence-corrected chi connectivity index (χ3v) is 5.26. The highest BCUT2D eigenvalue weighted by Crippen LogP contribution is 2.30. The highest BCUT2D eigenvalue weighted by atomic mass is 16.3. The Kier molecular flexibility index (Phi) is 5.09. The van der Waals surface area contributed by atoms with Crippen LogP contribution in [0.1, 0.15) is 47.2 Å². The van der Waals surface area contributed by atoms with E-state index in [1.165, 1.54) is 11.1 Å². The largest absolute Gasteiger partial charge is 0.393 e. The highest BCUT2D eigenvalue weighted by Gasteiger charge is 2.21. The molecule has 0 bridgehead atoms. The number of amides is 1. The van der Waals surface area contributed by atoms with Crippen LogP contribution in [0.4, 0.5) is 5.69 Å². The van der Waals surface area contributed by atoms with Gasteiger partial charge in [0.15, 0.2) is 0 Å². The molecule has 0 aromatic heterocycles. The summed E-state index contributed by atoms with van der Waals surface area (Å²) in [6, 6.07) is 12.3. The van der Waals surface area contributed by atoms with Crippen LogP contribution in [0.25, 0.3) is 11.1 Å². The van der Waals surface area contributed by atoms with Crippen LogP contribution in [-0.4, -0.2) is 23.2 Å². The number of hydrogen-bond acceptors (Lipinski definition) is 3. The van der Waals surface area contributed by atoms with E-state index < -0.39 is 5.91 Å². The van der Waals surface area contributed by atoms with Crippen molar-refractivity contribution in [1.29, 1.82) is 0 Å². The lowest BCUT2D eigenvalue weighted by Crippen LogP contribution is -2.29. The lowest BCUT2D eigenvalue weighted by Gasteiger charge is -2.27. The number of carbonyl (C=O) groups is 1. The Balaban J connectivity index is 1.91. The first-order valence-electron chi connectivity index (χ1n) is 8.90. The van der Waals surface area contributed by atoms with E-state index >= 15 is 0 Å². The summed E-state index contributed by atoms with van der Waals surface area (Å²) in [6.07, 6.45) is 3.20. The Labute approximate surface area is 149 Å². The fourth-order valence-corrected chi connectivity index (χ4v) is 3.55. The van der Waals surface area contributed by atoms with Crippen molar-refractivity contribution in [2.75, 3.05) is 5.32 Å². The van der Waals surface area contributed by atoms with Crippen LogP contribution < -0.4 is 11.1 Å². The fraction of sp³-hybridized carbons (Fsp3) is 0.381. The Morgan fingerprint density at radius 1 is 1.12 bits per heavy atom. The number of rotatable bonds is 4. The molecule has 25 heavy (non-hydrogen) atoms. The Hall–Kier alpha value is -2.33. The molecule has 4 N–H and O–H groups in total. The molecule has 1 fully saturated rings. The number of aliphatic hydroxyl groups excluding tert-OH is 1. The maximum Gasteiger partial charge on any atom is 0.250 e. The van der Waals surface area contributed by atoms with E-state index in [0.29, 0.717) is 5.56 Å². The number of aryl methyl sites for hydroxylation is 1. The van der Waals surface area contributed by atoms with Crippen molar-refractivity contribution in [3.05, 3.63) is 53.1 Å². The van der Waals surface area contributed by atoms with Gasteiger partial charge in [0.05, 0.1) is 11.7 Å². The lowest BCUT2D eigenvalue weighted by atomic mass is 9.92. The molecule has 2 aromatic carbocycles. The molecule has 0 heterocycles. The topological polar surface area (TPSA) is 75.3 Å². The molecular formula is C21H26N2O2. The zero-order valence-corrected chi connectivity index (χ0v) is 14.9. The first-order chi connectivity index (χ1) is 12.0. The van der Waals surface area contributed by atoms with Crippen molar-refractivity contribution >= 4 is 11.6 Å². The van der Waals surface area contributed by atoms with Gasteiger partial charge < -0.3 is 16.2 Å². The second kappa shape index (κ2) is 7.28. The molecule has 1 saturated carbocycles. The molecule has 1 amide bonds. The van der Waals surface area contributed by atoms with E-state index in [9.17, 15) is 9.90 Å². The van der Waals surface area contributed by atoms with Gasteiger partial charge in [0, 0.05) is 11.7 Å². The monoisotopic (exact) mass is 338 g/mol. The zero-order valence-electron chi connectivity index (χ0n) is 14.9. The van der Waals surface area contributed by atoms with E-state index in [1.54, 1.807) is 0 Å². The molecule has 132 valence electrons. The molecule has 3 rings (SSSR count). The quantitative estimate of drug-likeness (QED) is 0.794. The molecular weight excluding hydrogens is 312 g/mol. The van der Waals surface area contributed by atoms with Gasteiger partial charge in [0.2, 0.25) is 0 Å². The van der Waals surface area contributed by atoms with Crippen LogP contribution in [0.5, 0.6) is 0 Å². The number of anilines is 1. The summed E-state index contributed by atoms with van der Waals surface area (Å²) in [5, 5.41) is 13.1. The maximum absolute atomic E-state index is 12.0. The van der Waals surface area contributed by atoms with Gasteiger partial charge >= 0.3 is 0 Å². The van der Waals surface area contributed by atoms with E-state index in [4.69, 9.17) is 5.73 Å². The van der Waals surface area contributed by atoms with E-state index in [-0.39, 0.29) is 12.1 Å². The molecule has 1 aliphatic carbocycles. The summed E-state index contributed by atoms with van der Waals surface area (Å²) in [6.45, 7) is 4.18. The number of aliphatic hydroxyl groups is 1. The van der Waals surface area contributed by atoms with Crippen molar-refractivity contribution in [3.63, 3.8) is 0 Å². The number of nitrogens with two attached hydrogens (primary N) is 1. The van der Waals surface area contributed by atoms with Gasteiger partial charge in [-0.1, -0.05) is 24.3 Å². The minimum atomic E-state index is -0.425. The standard InChI is InChI=1S/C21H26N2O2/c1-13-4-3-5-18(14(13)2)15-6-11-20(19(12-15)21(22)25)23-16-7-9-17(24)10-8-16/h3-6,11-12,16-17,23-24H,7-10H2,1-2H3,(H2,22,25)/t16-,17-. The highest BCUT2D eigenvalue weighted by molar-refractivity contribution is 6.00. The zero-order chi connectivity index (χ0) is 18.0. The van der Waals surface area contributed by atoms with Crippen molar-refractivity contribution in [2.45, 2.75) is 51.7 Å². The summed E-state index contributed by atoms with van der Waals surface area (Å²) < 4.78 is 0. The normalized spacial score (nSPS) is 20.3. The minimum absolute atomic E-state index is 0.194. The van der Waals surface area contributed by atoms with Crippen LogP contribution in [0.2, 0.25) is 0 Å². The first kappa shape index (κ1) is 17.5. The van der Waals surface area contributed by atoms with Crippen LogP contribution in [0.3, 0.4) is 0 Å². The number of carbonyl (C=O) groups excluding carboxylic acids is 1. The molecule has 0 unspecified atom stereocenters. The summed E-state index contributed by atoms with van der Waals surface area (Å²) >= 11 is 0. The molecule has 0 saturated heterocycles. The summed E-state index contributed by atoms with van der Waals surface area (Å²) in [7, 11) is 0. The van der Waals surface area contributed by atoms with Crippen molar-refractivity contribution < 1.29 is 9.90 Å². The Morgan fingerprint density at radius 2 is 1.84 bits per heavy atom. The second-order valence-corrected chi connectivity index (χ2v) is 7.02. The van der Waals surface area contributed by atoms with Crippen molar-refractivity contribution in [2.24, 2.45) is 5.73 Å². The smallest absolute Gasteiger partial charge is 0.250 e. The van der Waals surface area contributed by atoms with Crippen LogP contribution in [0.15, 0.2) is 36.4 Å². The van der Waals surface area contributed by atoms with E-state index in [0.717, 1.165) is 42.5 Å². The third kappa shape index (κ3) is 3.85. The minimum Gasteiger partial charge on any atom is -0.393 e. The number of benzene rings is 2.